The van der Waals surface area contributed by atoms with Crippen LogP contribution in [0.1, 0.15) is 23.2 Å². The van der Waals surface area contributed by atoms with Crippen molar-refractivity contribution in [3.05, 3.63) is 37.5 Å². The third-order valence-electron chi connectivity index (χ3n) is 3.37. The largest absolute Gasteiger partial charge is 0.506 e. The number of nitrogens with one attached hydrogen (secondary N) is 1. The Morgan fingerprint density at radius 1 is 1.40 bits per heavy atom. The van der Waals surface area contributed by atoms with Crippen LogP contribution >= 0.6 is 45.2 Å². The number of rotatable bonds is 3. The van der Waals surface area contributed by atoms with Gasteiger partial charge in [0.1, 0.15) is 16.9 Å². The van der Waals surface area contributed by atoms with Gasteiger partial charge in [0.2, 0.25) is 0 Å². The Bertz CT molecular complexity index is 539. The lowest BCUT2D eigenvalue weighted by atomic mass is 9.92. The Balaban J connectivity index is 2.25. The van der Waals surface area contributed by atoms with Crippen molar-refractivity contribution < 1.29 is 14.6 Å². The second-order valence-electron chi connectivity index (χ2n) is 4.69. The molecule has 1 aromatic rings. The summed E-state index contributed by atoms with van der Waals surface area (Å²) >= 11 is 4.11. The predicted molar refractivity (Wildman–Crippen MR) is 94.0 cm³/mol. The number of carbonyl (C=O) groups excluding carboxylic acids is 1. The van der Waals surface area contributed by atoms with Gasteiger partial charge >= 0.3 is 5.97 Å². The van der Waals surface area contributed by atoms with Crippen LogP contribution in [0.2, 0.25) is 0 Å². The molecular weight excluding hydrogens is 484 g/mol. The monoisotopic (exact) mass is 499 g/mol. The Labute approximate surface area is 145 Å². The van der Waals surface area contributed by atoms with Gasteiger partial charge in [0.25, 0.3) is 0 Å². The zero-order valence-corrected chi connectivity index (χ0v) is 15.1. The third kappa shape index (κ3) is 3.45. The van der Waals surface area contributed by atoms with Gasteiger partial charge in [0, 0.05) is 16.4 Å². The second kappa shape index (κ2) is 6.61. The van der Waals surface area contributed by atoms with Crippen LogP contribution in [0.25, 0.3) is 0 Å². The highest BCUT2D eigenvalue weighted by Gasteiger charge is 2.34. The quantitative estimate of drug-likeness (QED) is 0.382. The summed E-state index contributed by atoms with van der Waals surface area (Å²) in [7, 11) is 0. The van der Waals surface area contributed by atoms with Crippen LogP contribution < -0.4 is 5.32 Å². The Morgan fingerprint density at radius 3 is 2.65 bits per heavy atom. The summed E-state index contributed by atoms with van der Waals surface area (Å²) in [6, 6.07) is 3.44. The zero-order valence-electron chi connectivity index (χ0n) is 10.8. The highest BCUT2D eigenvalue weighted by atomic mass is 127. The van der Waals surface area contributed by atoms with Gasteiger partial charge in [-0.1, -0.05) is 6.58 Å². The molecule has 2 N–H and O–H groups in total. The van der Waals surface area contributed by atoms with Gasteiger partial charge in [0.15, 0.2) is 0 Å². The van der Waals surface area contributed by atoms with E-state index in [0.29, 0.717) is 16.4 Å². The Kier molecular flexibility index (Phi) is 5.30. The molecule has 0 saturated carbocycles. The van der Waals surface area contributed by atoms with Crippen LogP contribution in [0.3, 0.4) is 0 Å². The summed E-state index contributed by atoms with van der Waals surface area (Å²) in [5.41, 5.74) is -0.428. The van der Waals surface area contributed by atoms with Crippen molar-refractivity contribution in [3.8, 4) is 5.75 Å². The lowest BCUT2D eigenvalue weighted by molar-refractivity contribution is -0.00847. The van der Waals surface area contributed by atoms with Gasteiger partial charge < -0.3 is 15.2 Å². The number of benzene rings is 1. The first-order valence-corrected chi connectivity index (χ1v) is 8.39. The average Bonchev–Trinajstić information content (AvgIpc) is 2.43. The Hall–Kier alpha value is -0.350. The molecule has 0 aliphatic carbocycles. The highest BCUT2D eigenvalue weighted by Crippen LogP contribution is 2.31. The molecule has 1 fully saturated rings. The van der Waals surface area contributed by atoms with E-state index >= 15 is 0 Å². The van der Waals surface area contributed by atoms with E-state index in [0.717, 1.165) is 16.7 Å². The molecule has 1 aliphatic heterocycles. The number of halogens is 2. The minimum atomic E-state index is -0.637. The fourth-order valence-electron chi connectivity index (χ4n) is 2.16. The van der Waals surface area contributed by atoms with Crippen LogP contribution in [0.15, 0.2) is 24.8 Å². The molecule has 1 saturated heterocycles. The van der Waals surface area contributed by atoms with Crippen LogP contribution in [0.4, 0.5) is 0 Å². The van der Waals surface area contributed by atoms with Crippen molar-refractivity contribution in [1.82, 2.24) is 5.32 Å². The molecule has 20 heavy (non-hydrogen) atoms. The molecule has 1 aliphatic rings. The number of piperidine rings is 1. The van der Waals surface area contributed by atoms with Crippen LogP contribution in [-0.4, -0.2) is 29.8 Å². The van der Waals surface area contributed by atoms with Crippen molar-refractivity contribution in [2.24, 2.45) is 0 Å². The summed E-state index contributed by atoms with van der Waals surface area (Å²) < 4.78 is 7.16. The molecule has 108 valence electrons. The number of hydrogen-bond donors (Lipinski definition) is 2. The highest BCUT2D eigenvalue weighted by molar-refractivity contribution is 14.1. The first-order valence-electron chi connectivity index (χ1n) is 6.23. The Morgan fingerprint density at radius 2 is 2.05 bits per heavy atom. The van der Waals surface area contributed by atoms with Gasteiger partial charge in [0.05, 0.1) is 3.57 Å². The lowest BCUT2D eigenvalue weighted by Gasteiger charge is -2.34. The molecule has 0 amide bonds. The number of phenols is 1. The molecule has 6 heteroatoms. The standard InChI is InChI=1S/C14H15I2NO3/c1-2-14(3-5-17-6-4-14)20-13(19)10-7-9(15)8-11(16)12(10)18/h2,7-8,17-18H,1,3-6H2. The van der Waals surface area contributed by atoms with Crippen LogP contribution in [0.5, 0.6) is 5.75 Å². The number of esters is 1. The first-order chi connectivity index (χ1) is 9.47. The van der Waals surface area contributed by atoms with Crippen molar-refractivity contribution in [1.29, 1.82) is 0 Å². The average molecular weight is 499 g/mol. The summed E-state index contributed by atoms with van der Waals surface area (Å²) in [5.74, 6) is -0.523. The molecule has 0 spiro atoms. The molecule has 4 nitrogen and oxygen atoms in total. The van der Waals surface area contributed by atoms with E-state index in [-0.39, 0.29) is 11.3 Å². The smallest absolute Gasteiger partial charge is 0.342 e. The minimum Gasteiger partial charge on any atom is -0.506 e. The fraction of sp³-hybridized carbons (Fsp3) is 0.357. The topological polar surface area (TPSA) is 58.6 Å². The van der Waals surface area contributed by atoms with E-state index in [1.807, 2.05) is 22.6 Å². The van der Waals surface area contributed by atoms with Crippen molar-refractivity contribution in [3.63, 3.8) is 0 Å². The summed E-state index contributed by atoms with van der Waals surface area (Å²) in [6.07, 6.45) is 3.09. The van der Waals surface area contributed by atoms with Gasteiger partial charge in [-0.05, 0) is 76.5 Å². The number of hydrogen-bond acceptors (Lipinski definition) is 4. The van der Waals surface area contributed by atoms with Crippen molar-refractivity contribution >= 4 is 51.2 Å². The molecule has 0 bridgehead atoms. The molecule has 0 atom stereocenters. The van der Waals surface area contributed by atoms with E-state index < -0.39 is 11.6 Å². The lowest BCUT2D eigenvalue weighted by Crippen LogP contribution is -2.43. The third-order valence-corrected chi connectivity index (χ3v) is 4.81. The molecule has 0 unspecified atom stereocenters. The van der Waals surface area contributed by atoms with Gasteiger partial charge in [-0.15, -0.1) is 0 Å². The summed E-state index contributed by atoms with van der Waals surface area (Å²) in [5, 5.41) is 13.3. The minimum absolute atomic E-state index is 0.0239. The normalized spacial score (nSPS) is 17.5. The van der Waals surface area contributed by atoms with Crippen LogP contribution in [-0.2, 0) is 4.74 Å². The molecule has 2 rings (SSSR count). The van der Waals surface area contributed by atoms with E-state index in [9.17, 15) is 9.90 Å². The van der Waals surface area contributed by atoms with Crippen LogP contribution in [0, 0.1) is 7.14 Å². The van der Waals surface area contributed by atoms with Gasteiger partial charge in [-0.2, -0.15) is 0 Å². The molecule has 1 aromatic carbocycles. The van der Waals surface area contributed by atoms with E-state index in [1.54, 1.807) is 18.2 Å². The summed E-state index contributed by atoms with van der Waals surface area (Å²) in [6.45, 7) is 5.36. The SMILES string of the molecule is C=CC1(OC(=O)c2cc(I)cc(I)c2O)CCNCC1. The molecule has 0 aromatic heterocycles. The second-order valence-corrected chi connectivity index (χ2v) is 7.10. The van der Waals surface area contributed by atoms with Gasteiger partial charge in [-0.3, -0.25) is 0 Å². The summed E-state index contributed by atoms with van der Waals surface area (Å²) in [4.78, 5) is 12.3. The number of carbonyl (C=O) groups is 1. The fourth-order valence-corrected chi connectivity index (χ4v) is 4.00. The van der Waals surface area contributed by atoms with E-state index in [2.05, 4.69) is 34.5 Å². The van der Waals surface area contributed by atoms with E-state index in [1.165, 1.54) is 0 Å². The zero-order chi connectivity index (χ0) is 14.8. The molecular formula is C14H15I2NO3. The maximum atomic E-state index is 12.3. The maximum Gasteiger partial charge on any atom is 0.342 e. The van der Waals surface area contributed by atoms with E-state index in [4.69, 9.17) is 4.74 Å². The number of aromatic hydroxyl groups is 1. The predicted octanol–water partition coefficient (Wildman–Crippen LogP) is 3.07. The maximum absolute atomic E-state index is 12.3. The molecule has 1 heterocycles. The van der Waals surface area contributed by atoms with Crippen molar-refractivity contribution in [2.45, 2.75) is 18.4 Å². The number of ether oxygens (including phenoxy) is 1. The first kappa shape index (κ1) is 16.0. The van der Waals surface area contributed by atoms with Crippen molar-refractivity contribution in [2.75, 3.05) is 13.1 Å². The molecule has 0 radical (unpaired) electrons. The van der Waals surface area contributed by atoms with Gasteiger partial charge in [-0.25, -0.2) is 4.79 Å². The number of phenolic OH excluding ortho intramolecular Hbond substituents is 1.